The van der Waals surface area contributed by atoms with Gasteiger partial charge in [-0.05, 0) is 25.5 Å². The molecule has 2 N–H and O–H groups in total. The van der Waals surface area contributed by atoms with Crippen LogP contribution in [-0.2, 0) is 0 Å². The normalized spacial score (nSPS) is 10.5. The van der Waals surface area contributed by atoms with E-state index in [1.165, 1.54) is 0 Å². The highest BCUT2D eigenvalue weighted by Gasteiger charge is 2.16. The molecule has 2 rings (SSSR count). The Kier molecular flexibility index (Phi) is 3.00. The molecule has 0 aliphatic heterocycles. The Morgan fingerprint density at radius 1 is 1.47 bits per heavy atom. The fourth-order valence-corrected chi connectivity index (χ4v) is 2.09. The van der Waals surface area contributed by atoms with Crippen molar-refractivity contribution in [1.29, 1.82) is 0 Å². The smallest absolute Gasteiger partial charge is 0.253 e. The molecule has 2 aromatic rings. The first-order valence-electron chi connectivity index (χ1n) is 5.62. The first-order valence-corrected chi connectivity index (χ1v) is 5.62. The van der Waals surface area contributed by atoms with Crippen LogP contribution in [0.4, 0.5) is 0 Å². The maximum atomic E-state index is 12.1. The van der Waals surface area contributed by atoms with Crippen molar-refractivity contribution in [2.45, 2.75) is 13.8 Å². The van der Waals surface area contributed by atoms with Crippen LogP contribution in [0.1, 0.15) is 21.6 Å². The van der Waals surface area contributed by atoms with Gasteiger partial charge >= 0.3 is 0 Å². The van der Waals surface area contributed by atoms with Crippen molar-refractivity contribution in [3.05, 3.63) is 47.7 Å². The largest absolute Gasteiger partial charge is 0.358 e. The summed E-state index contributed by atoms with van der Waals surface area (Å²) in [7, 11) is 0. The molecule has 0 bridgehead atoms. The fraction of sp³-hybridized carbons (Fsp3) is 0.214. The van der Waals surface area contributed by atoms with Gasteiger partial charge in [-0.15, -0.1) is 6.58 Å². The molecule has 0 atom stereocenters. The first kappa shape index (κ1) is 11.5. The molecule has 0 saturated carbocycles. The molecule has 3 nitrogen and oxygen atoms in total. The van der Waals surface area contributed by atoms with Gasteiger partial charge in [-0.25, -0.2) is 0 Å². The number of amides is 1. The van der Waals surface area contributed by atoms with Crippen LogP contribution in [0.5, 0.6) is 0 Å². The van der Waals surface area contributed by atoms with Gasteiger partial charge in [-0.1, -0.05) is 18.2 Å². The van der Waals surface area contributed by atoms with Gasteiger partial charge in [-0.2, -0.15) is 0 Å². The van der Waals surface area contributed by atoms with E-state index in [0.29, 0.717) is 6.54 Å². The molecule has 0 aliphatic rings. The molecular formula is C14H16N2O. The monoisotopic (exact) mass is 228 g/mol. The van der Waals surface area contributed by atoms with E-state index in [9.17, 15) is 4.79 Å². The highest BCUT2D eigenvalue weighted by Crippen LogP contribution is 2.25. The summed E-state index contributed by atoms with van der Waals surface area (Å²) in [6, 6.07) is 5.98. The van der Waals surface area contributed by atoms with Crippen LogP contribution in [-0.4, -0.2) is 17.4 Å². The highest BCUT2D eigenvalue weighted by atomic mass is 16.1. The van der Waals surface area contributed by atoms with E-state index in [1.54, 1.807) is 6.08 Å². The summed E-state index contributed by atoms with van der Waals surface area (Å²) in [5.41, 5.74) is 3.75. The number of hydrogen-bond acceptors (Lipinski definition) is 1. The van der Waals surface area contributed by atoms with E-state index in [-0.39, 0.29) is 5.91 Å². The quantitative estimate of drug-likeness (QED) is 0.779. The Morgan fingerprint density at radius 2 is 2.24 bits per heavy atom. The second-order valence-corrected chi connectivity index (χ2v) is 4.12. The second-order valence-electron chi connectivity index (χ2n) is 4.12. The van der Waals surface area contributed by atoms with Crippen LogP contribution >= 0.6 is 0 Å². The number of benzene rings is 1. The molecule has 1 heterocycles. The predicted octanol–water partition coefficient (Wildman–Crippen LogP) is 2.70. The standard InChI is InChI=1S/C14H16N2O/c1-4-8-15-14(17)13-10(3)16-11-7-5-6-9(2)12(11)13/h4-7,16H,1,8H2,2-3H3,(H,15,17). The number of nitrogens with one attached hydrogen (secondary N) is 2. The lowest BCUT2D eigenvalue weighted by Gasteiger charge is -2.04. The van der Waals surface area contributed by atoms with Gasteiger partial charge in [-0.3, -0.25) is 4.79 Å². The van der Waals surface area contributed by atoms with Gasteiger partial charge in [0.2, 0.25) is 0 Å². The third kappa shape index (κ3) is 1.96. The van der Waals surface area contributed by atoms with Crippen molar-refractivity contribution in [1.82, 2.24) is 10.3 Å². The molecule has 17 heavy (non-hydrogen) atoms. The summed E-state index contributed by atoms with van der Waals surface area (Å²) in [5, 5.41) is 3.82. The molecule has 1 aromatic carbocycles. The molecule has 0 aliphatic carbocycles. The Labute approximate surface area is 101 Å². The van der Waals surface area contributed by atoms with Crippen LogP contribution in [0.25, 0.3) is 10.9 Å². The topological polar surface area (TPSA) is 44.9 Å². The number of aromatic nitrogens is 1. The zero-order chi connectivity index (χ0) is 12.4. The van der Waals surface area contributed by atoms with E-state index >= 15 is 0 Å². The van der Waals surface area contributed by atoms with Gasteiger partial charge in [0.25, 0.3) is 5.91 Å². The van der Waals surface area contributed by atoms with Gasteiger partial charge in [0.05, 0.1) is 5.56 Å². The van der Waals surface area contributed by atoms with E-state index in [4.69, 9.17) is 0 Å². The predicted molar refractivity (Wildman–Crippen MR) is 70.3 cm³/mol. The van der Waals surface area contributed by atoms with Crippen molar-refractivity contribution in [2.75, 3.05) is 6.54 Å². The van der Waals surface area contributed by atoms with Gasteiger partial charge in [0.15, 0.2) is 0 Å². The summed E-state index contributed by atoms with van der Waals surface area (Å²) < 4.78 is 0. The van der Waals surface area contributed by atoms with E-state index in [1.807, 2.05) is 32.0 Å². The lowest BCUT2D eigenvalue weighted by molar-refractivity contribution is 0.0959. The van der Waals surface area contributed by atoms with Crippen molar-refractivity contribution < 1.29 is 4.79 Å². The summed E-state index contributed by atoms with van der Waals surface area (Å²) in [6.45, 7) is 8.01. The Bertz CT molecular complexity index is 581. The molecule has 1 aromatic heterocycles. The lowest BCUT2D eigenvalue weighted by Crippen LogP contribution is -2.23. The van der Waals surface area contributed by atoms with Crippen molar-refractivity contribution in [3.8, 4) is 0 Å². The molecular weight excluding hydrogens is 212 g/mol. The SMILES string of the molecule is C=CCNC(=O)c1c(C)[nH]c2cccc(C)c12. The number of carbonyl (C=O) groups is 1. The van der Waals surface area contributed by atoms with Crippen LogP contribution < -0.4 is 5.32 Å². The van der Waals surface area contributed by atoms with Crippen molar-refractivity contribution in [2.24, 2.45) is 0 Å². The van der Waals surface area contributed by atoms with Crippen LogP contribution in [0.15, 0.2) is 30.9 Å². The molecule has 3 heteroatoms. The van der Waals surface area contributed by atoms with Gasteiger partial charge in [0.1, 0.15) is 0 Å². The summed E-state index contributed by atoms with van der Waals surface area (Å²) in [6.07, 6.45) is 1.68. The van der Waals surface area contributed by atoms with Crippen LogP contribution in [0.2, 0.25) is 0 Å². The third-order valence-electron chi connectivity index (χ3n) is 2.85. The molecule has 88 valence electrons. The number of rotatable bonds is 3. The second kappa shape index (κ2) is 4.45. The number of hydrogen-bond donors (Lipinski definition) is 2. The molecule has 0 unspecified atom stereocenters. The number of carbonyl (C=O) groups excluding carboxylic acids is 1. The number of fused-ring (bicyclic) bond motifs is 1. The van der Waals surface area contributed by atoms with Crippen LogP contribution in [0, 0.1) is 13.8 Å². The molecule has 1 amide bonds. The minimum Gasteiger partial charge on any atom is -0.358 e. The molecule has 0 radical (unpaired) electrons. The maximum Gasteiger partial charge on any atom is 0.253 e. The Morgan fingerprint density at radius 3 is 2.94 bits per heavy atom. The zero-order valence-corrected chi connectivity index (χ0v) is 10.1. The number of aromatic amines is 1. The summed E-state index contributed by atoms with van der Waals surface area (Å²) in [5.74, 6) is -0.0528. The van der Waals surface area contributed by atoms with E-state index in [2.05, 4.69) is 16.9 Å². The number of H-pyrrole nitrogens is 1. The first-order chi connectivity index (χ1) is 8.15. The summed E-state index contributed by atoms with van der Waals surface area (Å²) >= 11 is 0. The summed E-state index contributed by atoms with van der Waals surface area (Å²) in [4.78, 5) is 15.3. The third-order valence-corrected chi connectivity index (χ3v) is 2.85. The average Bonchev–Trinajstić information content (AvgIpc) is 2.64. The zero-order valence-electron chi connectivity index (χ0n) is 10.1. The van der Waals surface area contributed by atoms with Crippen molar-refractivity contribution in [3.63, 3.8) is 0 Å². The average molecular weight is 228 g/mol. The lowest BCUT2D eigenvalue weighted by atomic mass is 10.1. The van der Waals surface area contributed by atoms with Gasteiger partial charge < -0.3 is 10.3 Å². The minimum absolute atomic E-state index is 0.0528. The highest BCUT2D eigenvalue weighted by molar-refractivity contribution is 6.09. The fourth-order valence-electron chi connectivity index (χ4n) is 2.09. The minimum atomic E-state index is -0.0528. The van der Waals surface area contributed by atoms with Crippen molar-refractivity contribution >= 4 is 16.8 Å². The maximum absolute atomic E-state index is 12.1. The molecule has 0 spiro atoms. The van der Waals surface area contributed by atoms with Gasteiger partial charge in [0, 0.05) is 23.1 Å². The van der Waals surface area contributed by atoms with E-state index in [0.717, 1.165) is 27.7 Å². The molecule has 0 fully saturated rings. The van der Waals surface area contributed by atoms with Crippen LogP contribution in [0.3, 0.4) is 0 Å². The number of aryl methyl sites for hydroxylation is 2. The Hall–Kier alpha value is -2.03. The Balaban J connectivity index is 2.56. The molecule has 0 saturated heterocycles. The van der Waals surface area contributed by atoms with E-state index < -0.39 is 0 Å².